The average molecular weight is 529 g/mol. The molecule has 4 rings (SSSR count). The number of benzene rings is 2. The minimum absolute atomic E-state index is 0.105. The molecule has 1 aliphatic carbocycles. The van der Waals surface area contributed by atoms with Crippen LogP contribution in [0.4, 0.5) is 4.39 Å². The minimum atomic E-state index is -3.92. The van der Waals surface area contributed by atoms with Crippen molar-refractivity contribution in [1.29, 1.82) is 0 Å². The summed E-state index contributed by atoms with van der Waals surface area (Å²) >= 11 is 0. The third-order valence-electron chi connectivity index (χ3n) is 6.86. The van der Waals surface area contributed by atoms with E-state index in [0.717, 1.165) is 10.5 Å². The third-order valence-corrected chi connectivity index (χ3v) is 8.27. The van der Waals surface area contributed by atoms with Crippen LogP contribution in [-0.4, -0.2) is 54.7 Å². The highest BCUT2D eigenvalue weighted by molar-refractivity contribution is 7.89. The molecule has 0 unspecified atom stereocenters. The number of ether oxygens (including phenoxy) is 1. The van der Waals surface area contributed by atoms with E-state index in [1.807, 2.05) is 18.2 Å². The maximum atomic E-state index is 14.7. The first-order valence-corrected chi connectivity index (χ1v) is 13.6. The molecule has 1 fully saturated rings. The van der Waals surface area contributed by atoms with Crippen molar-refractivity contribution in [2.45, 2.75) is 43.3 Å². The predicted octanol–water partition coefficient (Wildman–Crippen LogP) is 3.54. The number of sulfonamides is 1. The number of amides is 1. The molecular weight excluding hydrogens is 499 g/mol. The van der Waals surface area contributed by atoms with Gasteiger partial charge < -0.3 is 14.7 Å². The SMILES string of the molecule is CCS(=O)(=O)NC1(C(=O)N2[C@@H](c3ccccc3F)CC[C@H]2C(=O)O)C=CC(c2ccccc2OC)C=C1. The van der Waals surface area contributed by atoms with Gasteiger partial charge in [-0.1, -0.05) is 60.7 Å². The van der Waals surface area contributed by atoms with Crippen molar-refractivity contribution in [2.24, 2.45) is 0 Å². The molecule has 2 aliphatic rings. The predicted molar refractivity (Wildman–Crippen MR) is 136 cm³/mol. The number of nitrogens with zero attached hydrogens (tertiary/aromatic N) is 1. The Bertz CT molecular complexity index is 1340. The quantitative estimate of drug-likeness (QED) is 0.507. The summed E-state index contributed by atoms with van der Waals surface area (Å²) in [5, 5.41) is 9.90. The minimum Gasteiger partial charge on any atom is -0.496 e. The smallest absolute Gasteiger partial charge is 0.326 e. The Hall–Kier alpha value is -3.50. The number of methoxy groups -OCH3 is 1. The van der Waals surface area contributed by atoms with Gasteiger partial charge in [-0.3, -0.25) is 4.79 Å². The fraction of sp³-hybridized carbons (Fsp3) is 0.333. The molecule has 2 N–H and O–H groups in total. The Morgan fingerprint density at radius 3 is 2.30 bits per heavy atom. The van der Waals surface area contributed by atoms with Gasteiger partial charge in [0, 0.05) is 17.0 Å². The number of carboxylic acid groups (broad SMARTS) is 1. The van der Waals surface area contributed by atoms with E-state index < -0.39 is 45.3 Å². The third kappa shape index (κ3) is 5.17. The summed E-state index contributed by atoms with van der Waals surface area (Å²) in [7, 11) is -2.38. The van der Waals surface area contributed by atoms with Gasteiger partial charge in [0.1, 0.15) is 23.1 Å². The topological polar surface area (TPSA) is 113 Å². The van der Waals surface area contributed by atoms with Crippen molar-refractivity contribution in [3.63, 3.8) is 0 Å². The van der Waals surface area contributed by atoms with Gasteiger partial charge in [-0.25, -0.2) is 17.6 Å². The lowest BCUT2D eigenvalue weighted by Gasteiger charge is -2.38. The molecule has 37 heavy (non-hydrogen) atoms. The maximum absolute atomic E-state index is 14.7. The molecule has 2 aromatic rings. The molecule has 196 valence electrons. The first-order chi connectivity index (χ1) is 17.6. The van der Waals surface area contributed by atoms with Crippen molar-refractivity contribution in [2.75, 3.05) is 12.9 Å². The summed E-state index contributed by atoms with van der Waals surface area (Å²) in [6, 6.07) is 11.1. The summed E-state index contributed by atoms with van der Waals surface area (Å²) < 4.78 is 48.1. The Morgan fingerprint density at radius 2 is 1.70 bits per heavy atom. The number of likely N-dealkylation sites (tertiary alicyclic amines) is 1. The first kappa shape index (κ1) is 26.6. The second-order valence-corrected chi connectivity index (χ2v) is 11.1. The molecular formula is C27H29FN2O6S. The van der Waals surface area contributed by atoms with Gasteiger partial charge >= 0.3 is 5.97 Å². The van der Waals surface area contributed by atoms with Crippen molar-refractivity contribution in [1.82, 2.24) is 9.62 Å². The summed E-state index contributed by atoms with van der Waals surface area (Å²) in [6.07, 6.45) is 6.56. The number of carbonyl (C=O) groups is 2. The molecule has 10 heteroatoms. The van der Waals surface area contributed by atoms with E-state index in [1.54, 1.807) is 31.4 Å². The molecule has 2 atom stereocenters. The van der Waals surface area contributed by atoms with E-state index >= 15 is 0 Å². The highest BCUT2D eigenvalue weighted by atomic mass is 32.2. The Kier molecular flexibility index (Phi) is 7.52. The number of hydrogen-bond acceptors (Lipinski definition) is 5. The van der Waals surface area contributed by atoms with Gasteiger partial charge in [0.15, 0.2) is 0 Å². The number of halogens is 1. The van der Waals surface area contributed by atoms with Gasteiger partial charge in [-0.15, -0.1) is 0 Å². The fourth-order valence-corrected chi connectivity index (χ4v) is 5.85. The Labute approximate surface area is 215 Å². The summed E-state index contributed by atoms with van der Waals surface area (Å²) in [6.45, 7) is 1.44. The van der Waals surface area contributed by atoms with Gasteiger partial charge in [0.2, 0.25) is 10.0 Å². The fourth-order valence-electron chi connectivity index (χ4n) is 4.96. The molecule has 1 aliphatic heterocycles. The zero-order valence-corrected chi connectivity index (χ0v) is 21.3. The number of aliphatic carboxylic acids is 1. The van der Waals surface area contributed by atoms with Crippen LogP contribution in [-0.2, 0) is 19.6 Å². The standard InChI is InChI=1S/C27H29FN2O6S/c1-3-37(34,35)29-27(16-14-18(15-17-27)19-8-5-7-11-24(19)36-2)26(33)30-22(12-13-23(30)25(31)32)20-9-4-6-10-21(20)28/h4-11,14-18,22-23,29H,3,12-13H2,1-2H3,(H,31,32)/t18?,22-,23+,27?/m1/s1. The first-order valence-electron chi connectivity index (χ1n) is 12.0. The van der Waals surface area contributed by atoms with Crippen LogP contribution in [0.5, 0.6) is 5.75 Å². The molecule has 1 heterocycles. The molecule has 0 radical (unpaired) electrons. The Balaban J connectivity index is 1.79. The Morgan fingerprint density at radius 1 is 1.08 bits per heavy atom. The van der Waals surface area contributed by atoms with Crippen LogP contribution in [0, 0.1) is 5.82 Å². The number of carbonyl (C=O) groups excluding carboxylic acids is 1. The van der Waals surface area contributed by atoms with Crippen LogP contribution in [0.3, 0.4) is 0 Å². The molecule has 0 bridgehead atoms. The summed E-state index contributed by atoms with van der Waals surface area (Å²) in [5.74, 6) is -2.58. The highest BCUT2D eigenvalue weighted by Gasteiger charge is 2.50. The van der Waals surface area contributed by atoms with Gasteiger partial charge in [0.05, 0.1) is 18.9 Å². The van der Waals surface area contributed by atoms with E-state index in [9.17, 15) is 27.5 Å². The lowest BCUT2D eigenvalue weighted by atomic mass is 9.85. The number of hydrogen-bond donors (Lipinski definition) is 2. The largest absolute Gasteiger partial charge is 0.496 e. The van der Waals surface area contributed by atoms with Crippen LogP contribution in [0.25, 0.3) is 0 Å². The molecule has 0 spiro atoms. The molecule has 0 saturated carbocycles. The zero-order valence-electron chi connectivity index (χ0n) is 20.5. The molecule has 8 nitrogen and oxygen atoms in total. The molecule has 1 saturated heterocycles. The molecule has 0 aromatic heterocycles. The van der Waals surface area contributed by atoms with Gasteiger partial charge in [-0.05, 0) is 31.9 Å². The lowest BCUT2D eigenvalue weighted by molar-refractivity contribution is -0.151. The van der Waals surface area contributed by atoms with Crippen molar-refractivity contribution >= 4 is 21.9 Å². The van der Waals surface area contributed by atoms with Gasteiger partial charge in [-0.2, -0.15) is 4.72 Å². The van der Waals surface area contributed by atoms with E-state index in [0.29, 0.717) is 5.75 Å². The second-order valence-electron chi connectivity index (χ2n) is 9.04. The van der Waals surface area contributed by atoms with E-state index in [-0.39, 0.29) is 30.1 Å². The number of rotatable bonds is 8. The van der Waals surface area contributed by atoms with Crippen LogP contribution in [0.15, 0.2) is 72.8 Å². The number of allylic oxidation sites excluding steroid dienone is 2. The lowest BCUT2D eigenvalue weighted by Crippen LogP contribution is -2.60. The van der Waals surface area contributed by atoms with Crippen molar-refractivity contribution in [3.8, 4) is 5.75 Å². The molecule has 1 amide bonds. The summed E-state index contributed by atoms with van der Waals surface area (Å²) in [4.78, 5) is 27.4. The monoisotopic (exact) mass is 528 g/mol. The second kappa shape index (κ2) is 10.5. The van der Waals surface area contributed by atoms with E-state index in [4.69, 9.17) is 4.74 Å². The van der Waals surface area contributed by atoms with Crippen LogP contribution in [0.1, 0.15) is 42.9 Å². The van der Waals surface area contributed by atoms with Crippen molar-refractivity contribution < 1.29 is 32.2 Å². The van der Waals surface area contributed by atoms with Gasteiger partial charge in [0.25, 0.3) is 5.91 Å². The van der Waals surface area contributed by atoms with Crippen LogP contribution >= 0.6 is 0 Å². The zero-order chi connectivity index (χ0) is 26.8. The highest BCUT2D eigenvalue weighted by Crippen LogP contribution is 2.41. The maximum Gasteiger partial charge on any atom is 0.326 e. The molecule has 2 aromatic carbocycles. The van der Waals surface area contributed by atoms with E-state index in [2.05, 4.69) is 4.72 Å². The van der Waals surface area contributed by atoms with Crippen molar-refractivity contribution in [3.05, 3.63) is 89.8 Å². The van der Waals surface area contributed by atoms with E-state index in [1.165, 1.54) is 37.3 Å². The normalized spacial score (nSPS) is 25.3. The number of nitrogens with one attached hydrogen (secondary N) is 1. The number of carboxylic acids is 1. The van der Waals surface area contributed by atoms with Crippen LogP contribution < -0.4 is 9.46 Å². The average Bonchev–Trinajstić information content (AvgIpc) is 3.34. The van der Waals surface area contributed by atoms with Crippen LogP contribution in [0.2, 0.25) is 0 Å². The summed E-state index contributed by atoms with van der Waals surface area (Å²) in [5.41, 5.74) is -0.885. The number of para-hydroxylation sites is 1.